The van der Waals surface area contributed by atoms with Crippen molar-refractivity contribution in [2.45, 2.75) is 32.7 Å². The highest BCUT2D eigenvalue weighted by molar-refractivity contribution is 6.29. The molecule has 0 bridgehead atoms. The van der Waals surface area contributed by atoms with Gasteiger partial charge in [-0.15, -0.1) is 0 Å². The number of aromatic nitrogens is 1. The van der Waals surface area contributed by atoms with Gasteiger partial charge in [-0.1, -0.05) is 25.4 Å². The van der Waals surface area contributed by atoms with Crippen molar-refractivity contribution in [3.63, 3.8) is 0 Å². The summed E-state index contributed by atoms with van der Waals surface area (Å²) in [6.07, 6.45) is 0. The zero-order chi connectivity index (χ0) is 14.6. The van der Waals surface area contributed by atoms with Crippen LogP contribution in [-0.4, -0.2) is 30.0 Å². The third kappa shape index (κ3) is 4.21. The van der Waals surface area contributed by atoms with Crippen molar-refractivity contribution in [1.29, 1.82) is 0 Å². The summed E-state index contributed by atoms with van der Waals surface area (Å²) in [5, 5.41) is 2.79. The van der Waals surface area contributed by atoms with E-state index in [0.717, 1.165) is 5.69 Å². The number of halogens is 1. The van der Waals surface area contributed by atoms with Crippen molar-refractivity contribution < 1.29 is 14.3 Å². The molecular weight excluding hydrogens is 268 g/mol. The number of rotatable bonds is 4. The summed E-state index contributed by atoms with van der Waals surface area (Å²) in [6.45, 7) is 5.46. The number of pyridine rings is 1. The first-order valence-corrected chi connectivity index (χ1v) is 6.29. The Morgan fingerprint density at radius 1 is 1.32 bits per heavy atom. The largest absolute Gasteiger partial charge is 0.467 e. The van der Waals surface area contributed by atoms with Gasteiger partial charge in [0.05, 0.1) is 7.11 Å². The van der Waals surface area contributed by atoms with E-state index in [4.69, 9.17) is 11.6 Å². The van der Waals surface area contributed by atoms with E-state index in [0.29, 0.717) is 5.56 Å². The quantitative estimate of drug-likeness (QED) is 0.679. The summed E-state index contributed by atoms with van der Waals surface area (Å²) in [5.74, 6) is -0.732. The topological polar surface area (TPSA) is 68.3 Å². The SMILES string of the molecule is COC(=O)[C@H](C)NC(=O)c1cc(Cl)nc(C(C)C)c1. The second kappa shape index (κ2) is 6.52. The van der Waals surface area contributed by atoms with E-state index < -0.39 is 12.0 Å². The second-order valence-corrected chi connectivity index (χ2v) is 4.86. The van der Waals surface area contributed by atoms with E-state index >= 15 is 0 Å². The molecule has 1 N–H and O–H groups in total. The van der Waals surface area contributed by atoms with Crippen LogP contribution in [0, 0.1) is 0 Å². The van der Waals surface area contributed by atoms with Crippen LogP contribution in [0.4, 0.5) is 0 Å². The maximum atomic E-state index is 12.0. The van der Waals surface area contributed by atoms with Crippen molar-refractivity contribution in [1.82, 2.24) is 10.3 Å². The number of methoxy groups -OCH3 is 1. The first-order chi connectivity index (χ1) is 8.85. The summed E-state index contributed by atoms with van der Waals surface area (Å²) in [4.78, 5) is 27.4. The molecule has 0 saturated carbocycles. The molecule has 0 unspecified atom stereocenters. The lowest BCUT2D eigenvalue weighted by molar-refractivity contribution is -0.142. The van der Waals surface area contributed by atoms with Gasteiger partial charge in [-0.3, -0.25) is 4.79 Å². The molecule has 1 rings (SSSR count). The molecule has 1 amide bonds. The zero-order valence-electron chi connectivity index (χ0n) is 11.4. The first-order valence-electron chi connectivity index (χ1n) is 5.91. The summed E-state index contributed by atoms with van der Waals surface area (Å²) in [5.41, 5.74) is 1.10. The number of hydrogen-bond donors (Lipinski definition) is 1. The molecule has 1 atom stereocenters. The zero-order valence-corrected chi connectivity index (χ0v) is 12.1. The number of carbonyl (C=O) groups excluding carboxylic acids is 2. The fourth-order valence-corrected chi connectivity index (χ4v) is 1.67. The van der Waals surface area contributed by atoms with Crippen molar-refractivity contribution in [2.24, 2.45) is 0 Å². The predicted molar refractivity (Wildman–Crippen MR) is 72.3 cm³/mol. The Balaban J connectivity index is 2.91. The fraction of sp³-hybridized carbons (Fsp3) is 0.462. The van der Waals surface area contributed by atoms with Crippen molar-refractivity contribution >= 4 is 23.5 Å². The standard InChI is InChI=1S/C13H17ClN2O3/c1-7(2)10-5-9(6-11(14)16-10)12(17)15-8(3)13(18)19-4/h5-8H,1-4H3,(H,15,17)/t8-/m0/s1. The number of nitrogens with zero attached hydrogens (tertiary/aromatic N) is 1. The number of ether oxygens (including phenoxy) is 1. The summed E-state index contributed by atoms with van der Waals surface area (Å²) < 4.78 is 4.54. The molecule has 0 fully saturated rings. The smallest absolute Gasteiger partial charge is 0.328 e. The van der Waals surface area contributed by atoms with Crippen LogP contribution in [0.5, 0.6) is 0 Å². The van der Waals surface area contributed by atoms with E-state index in [1.165, 1.54) is 13.2 Å². The maximum absolute atomic E-state index is 12.0. The Morgan fingerprint density at radius 3 is 2.47 bits per heavy atom. The van der Waals surface area contributed by atoms with Crippen LogP contribution >= 0.6 is 11.6 Å². The highest BCUT2D eigenvalue weighted by Crippen LogP contribution is 2.17. The van der Waals surface area contributed by atoms with E-state index in [-0.39, 0.29) is 17.0 Å². The van der Waals surface area contributed by atoms with Crippen LogP contribution in [0.3, 0.4) is 0 Å². The molecule has 6 heteroatoms. The van der Waals surface area contributed by atoms with Gasteiger partial charge in [-0.2, -0.15) is 0 Å². The summed E-state index contributed by atoms with van der Waals surface area (Å²) in [7, 11) is 1.27. The van der Waals surface area contributed by atoms with E-state index in [2.05, 4.69) is 15.0 Å². The highest BCUT2D eigenvalue weighted by Gasteiger charge is 2.18. The minimum Gasteiger partial charge on any atom is -0.467 e. The monoisotopic (exact) mass is 284 g/mol. The van der Waals surface area contributed by atoms with Gasteiger partial charge >= 0.3 is 5.97 Å². The van der Waals surface area contributed by atoms with Gasteiger partial charge in [0, 0.05) is 11.3 Å². The van der Waals surface area contributed by atoms with E-state index in [9.17, 15) is 9.59 Å². The van der Waals surface area contributed by atoms with Crippen LogP contribution in [-0.2, 0) is 9.53 Å². The molecule has 0 aliphatic rings. The van der Waals surface area contributed by atoms with Gasteiger partial charge in [0.1, 0.15) is 11.2 Å². The molecule has 104 valence electrons. The Labute approximate surface area is 117 Å². The fourth-order valence-electron chi connectivity index (χ4n) is 1.46. The lowest BCUT2D eigenvalue weighted by atomic mass is 10.1. The molecule has 0 spiro atoms. The molecule has 1 heterocycles. The Morgan fingerprint density at radius 2 is 1.95 bits per heavy atom. The molecule has 1 aromatic rings. The van der Waals surface area contributed by atoms with Crippen LogP contribution in [0.2, 0.25) is 5.15 Å². The van der Waals surface area contributed by atoms with Crippen molar-refractivity contribution in [3.05, 3.63) is 28.5 Å². The average Bonchev–Trinajstić information content (AvgIpc) is 2.36. The first kappa shape index (κ1) is 15.4. The molecule has 0 aliphatic carbocycles. The van der Waals surface area contributed by atoms with Gasteiger partial charge in [0.15, 0.2) is 0 Å². The number of nitrogens with one attached hydrogen (secondary N) is 1. The highest BCUT2D eigenvalue weighted by atomic mass is 35.5. The predicted octanol–water partition coefficient (Wildman–Crippen LogP) is 2.15. The third-order valence-corrected chi connectivity index (χ3v) is 2.76. The normalized spacial score (nSPS) is 12.1. The molecule has 19 heavy (non-hydrogen) atoms. The number of esters is 1. The van der Waals surface area contributed by atoms with Gasteiger partial charge in [0.2, 0.25) is 0 Å². The minimum absolute atomic E-state index is 0.156. The Kier molecular flexibility index (Phi) is 5.30. The number of carbonyl (C=O) groups is 2. The Hall–Kier alpha value is -1.62. The van der Waals surface area contributed by atoms with Crippen molar-refractivity contribution in [3.8, 4) is 0 Å². The van der Waals surface area contributed by atoms with Gasteiger partial charge in [0.25, 0.3) is 5.91 Å². The van der Waals surface area contributed by atoms with Gasteiger partial charge in [-0.25, -0.2) is 9.78 Å². The lowest BCUT2D eigenvalue weighted by Gasteiger charge is -2.13. The second-order valence-electron chi connectivity index (χ2n) is 4.48. The lowest BCUT2D eigenvalue weighted by Crippen LogP contribution is -2.39. The Bertz CT molecular complexity index is 489. The van der Waals surface area contributed by atoms with Gasteiger partial charge < -0.3 is 10.1 Å². The van der Waals surface area contributed by atoms with Gasteiger partial charge in [-0.05, 0) is 25.0 Å². The van der Waals surface area contributed by atoms with Crippen LogP contribution in [0.1, 0.15) is 42.7 Å². The van der Waals surface area contributed by atoms with Crippen LogP contribution in [0.15, 0.2) is 12.1 Å². The van der Waals surface area contributed by atoms with E-state index in [1.807, 2.05) is 13.8 Å². The number of hydrogen-bond acceptors (Lipinski definition) is 4. The maximum Gasteiger partial charge on any atom is 0.328 e. The molecule has 0 aromatic carbocycles. The molecule has 1 aromatic heterocycles. The van der Waals surface area contributed by atoms with Crippen LogP contribution < -0.4 is 5.32 Å². The number of amides is 1. The average molecular weight is 285 g/mol. The molecule has 0 saturated heterocycles. The third-order valence-electron chi connectivity index (χ3n) is 2.57. The minimum atomic E-state index is -0.716. The van der Waals surface area contributed by atoms with Crippen LogP contribution in [0.25, 0.3) is 0 Å². The summed E-state index contributed by atoms with van der Waals surface area (Å²) in [6, 6.07) is 2.41. The molecular formula is C13H17ClN2O3. The van der Waals surface area contributed by atoms with Crippen molar-refractivity contribution in [2.75, 3.05) is 7.11 Å². The van der Waals surface area contributed by atoms with E-state index in [1.54, 1.807) is 13.0 Å². The molecule has 5 nitrogen and oxygen atoms in total. The summed E-state index contributed by atoms with van der Waals surface area (Å²) >= 11 is 5.88. The molecule has 0 aliphatic heterocycles. The molecule has 0 radical (unpaired) electrons.